The number of allylic oxidation sites excluding steroid dienone is 1. The molecule has 1 atom stereocenters. The van der Waals surface area contributed by atoms with Gasteiger partial charge >= 0.3 is 5.97 Å². The van der Waals surface area contributed by atoms with E-state index in [4.69, 9.17) is 14.5 Å². The van der Waals surface area contributed by atoms with Crippen molar-refractivity contribution in [2.75, 3.05) is 18.6 Å². The highest BCUT2D eigenvalue weighted by atomic mass is 32.1. The number of carbonyl (C=O) groups is 2. The monoisotopic (exact) mass is 593 g/mol. The second kappa shape index (κ2) is 11.9. The molecule has 1 aromatic heterocycles. The van der Waals surface area contributed by atoms with Gasteiger partial charge in [-0.05, 0) is 42.7 Å². The van der Waals surface area contributed by atoms with Gasteiger partial charge in [-0.15, -0.1) is 0 Å². The van der Waals surface area contributed by atoms with Crippen molar-refractivity contribution < 1.29 is 19.1 Å². The zero-order chi connectivity index (χ0) is 30.1. The Kier molecular flexibility index (Phi) is 7.82. The van der Waals surface area contributed by atoms with Crippen molar-refractivity contribution in [3.05, 3.63) is 127 Å². The number of nitrogens with zero attached hydrogens (tertiary/aromatic N) is 3. The summed E-state index contributed by atoms with van der Waals surface area (Å²) in [5.41, 5.74) is 3.99. The number of hydrogen-bond donors (Lipinski definition) is 0. The van der Waals surface area contributed by atoms with E-state index in [9.17, 15) is 14.4 Å². The van der Waals surface area contributed by atoms with E-state index < -0.39 is 12.0 Å². The molecule has 1 amide bonds. The molecule has 2 aliphatic rings. The lowest BCUT2D eigenvalue weighted by Crippen LogP contribution is -2.41. The molecule has 0 unspecified atom stereocenters. The average Bonchev–Trinajstić information content (AvgIpc) is 3.49. The van der Waals surface area contributed by atoms with E-state index in [-0.39, 0.29) is 18.1 Å². The summed E-state index contributed by atoms with van der Waals surface area (Å²) in [4.78, 5) is 49.1. The lowest BCUT2D eigenvalue weighted by Gasteiger charge is -2.26. The van der Waals surface area contributed by atoms with Crippen LogP contribution in [0.15, 0.2) is 99.9 Å². The van der Waals surface area contributed by atoms with Gasteiger partial charge in [-0.25, -0.2) is 9.79 Å². The first-order chi connectivity index (χ1) is 21.0. The van der Waals surface area contributed by atoms with E-state index in [1.54, 1.807) is 18.9 Å². The minimum Gasteiger partial charge on any atom is -0.497 e. The Labute approximate surface area is 252 Å². The number of ether oxygens (including phenoxy) is 2. The third kappa shape index (κ3) is 4.99. The van der Waals surface area contributed by atoms with Crippen LogP contribution < -0.4 is 24.5 Å². The smallest absolute Gasteiger partial charge is 0.338 e. The summed E-state index contributed by atoms with van der Waals surface area (Å²) < 4.78 is 12.8. The van der Waals surface area contributed by atoms with Crippen LogP contribution >= 0.6 is 11.3 Å². The van der Waals surface area contributed by atoms with Crippen molar-refractivity contribution in [3.63, 3.8) is 0 Å². The number of carbonyl (C=O) groups excluding carboxylic acids is 2. The largest absolute Gasteiger partial charge is 0.497 e. The fraction of sp³-hybridized carbons (Fsp3) is 0.235. The van der Waals surface area contributed by atoms with Crippen molar-refractivity contribution in [1.29, 1.82) is 0 Å². The second-order valence-corrected chi connectivity index (χ2v) is 11.3. The number of benzene rings is 3. The van der Waals surface area contributed by atoms with Gasteiger partial charge in [0, 0.05) is 5.56 Å². The number of hydrogen-bond acceptors (Lipinski definition) is 7. The van der Waals surface area contributed by atoms with Gasteiger partial charge in [0.2, 0.25) is 0 Å². The average molecular weight is 594 g/mol. The summed E-state index contributed by atoms with van der Waals surface area (Å²) in [6, 6.07) is 23.8. The first-order valence-corrected chi connectivity index (χ1v) is 15.1. The Balaban J connectivity index is 1.61. The van der Waals surface area contributed by atoms with Crippen molar-refractivity contribution >= 4 is 34.5 Å². The number of thiazole rings is 1. The summed E-state index contributed by atoms with van der Waals surface area (Å²) in [5, 5.41) is 0. The molecule has 6 rings (SSSR count). The summed E-state index contributed by atoms with van der Waals surface area (Å²) in [7, 11) is 1.57. The number of fused-ring (bicyclic) bond motifs is 2. The van der Waals surface area contributed by atoms with E-state index in [1.807, 2.05) is 85.8 Å². The predicted octanol–water partition coefficient (Wildman–Crippen LogP) is 4.50. The molecule has 0 fully saturated rings. The molecule has 0 saturated heterocycles. The van der Waals surface area contributed by atoms with Gasteiger partial charge in [0.05, 0.1) is 48.8 Å². The summed E-state index contributed by atoms with van der Waals surface area (Å²) in [5.74, 6) is -0.167. The molecular formula is C34H31N3O5S. The second-order valence-electron chi connectivity index (χ2n) is 10.3. The molecule has 0 saturated carbocycles. The fourth-order valence-corrected chi connectivity index (χ4v) is 6.83. The molecule has 0 radical (unpaired) electrons. The number of aromatic nitrogens is 1. The molecule has 2 aliphatic heterocycles. The molecule has 0 spiro atoms. The molecule has 0 aliphatic carbocycles. The molecule has 9 heteroatoms. The van der Waals surface area contributed by atoms with E-state index in [0.29, 0.717) is 56.0 Å². The normalized spacial score (nSPS) is 17.0. The number of amides is 1. The molecule has 0 N–H and O–H groups in total. The van der Waals surface area contributed by atoms with Crippen LogP contribution in [0.3, 0.4) is 0 Å². The van der Waals surface area contributed by atoms with Crippen molar-refractivity contribution in [1.82, 2.24) is 4.57 Å². The maximum atomic E-state index is 14.5. The lowest BCUT2D eigenvalue weighted by atomic mass is 9.94. The van der Waals surface area contributed by atoms with E-state index >= 15 is 0 Å². The number of esters is 1. The van der Waals surface area contributed by atoms with Gasteiger partial charge in [0.1, 0.15) is 10.3 Å². The Morgan fingerprint density at radius 1 is 0.977 bits per heavy atom. The van der Waals surface area contributed by atoms with E-state index in [2.05, 4.69) is 0 Å². The standard InChI is InChI=1S/C34H31N3O5S/c1-4-12-25-28(33(40)42-5-2)29(22-15-11-16-23(19-22)41-3)37-32(39)30(43-34(37)35-25)27-24-17-9-10-18-26(24)36(31(27)38)20-21-13-7-6-8-14-21/h6-11,13-19,29H,4-5,12,20H2,1-3H3/b30-27-/t29-/m1/s1. The first-order valence-electron chi connectivity index (χ1n) is 14.3. The van der Waals surface area contributed by atoms with Crippen molar-refractivity contribution in [2.24, 2.45) is 4.99 Å². The highest BCUT2D eigenvalue weighted by Crippen LogP contribution is 2.37. The molecule has 43 heavy (non-hydrogen) atoms. The van der Waals surface area contributed by atoms with Crippen LogP contribution in [0.4, 0.5) is 5.69 Å². The zero-order valence-corrected chi connectivity index (χ0v) is 25.0. The Morgan fingerprint density at radius 2 is 1.74 bits per heavy atom. The minimum absolute atomic E-state index is 0.184. The van der Waals surface area contributed by atoms with Gasteiger partial charge in [-0.1, -0.05) is 85.3 Å². The van der Waals surface area contributed by atoms with Crippen LogP contribution in [0.1, 0.15) is 49.4 Å². The quantitative estimate of drug-likeness (QED) is 0.281. The minimum atomic E-state index is -0.798. The third-order valence-electron chi connectivity index (χ3n) is 7.61. The fourth-order valence-electron chi connectivity index (χ4n) is 5.72. The topological polar surface area (TPSA) is 90.2 Å². The Bertz CT molecular complexity index is 1940. The zero-order valence-electron chi connectivity index (χ0n) is 24.2. The van der Waals surface area contributed by atoms with Crippen LogP contribution in [0.2, 0.25) is 0 Å². The third-order valence-corrected chi connectivity index (χ3v) is 8.66. The molecule has 3 heterocycles. The first kappa shape index (κ1) is 28.4. The van der Waals surface area contributed by atoms with Crippen LogP contribution in [-0.2, 0) is 20.9 Å². The van der Waals surface area contributed by atoms with E-state index in [1.165, 1.54) is 15.9 Å². The van der Waals surface area contributed by atoms with E-state index in [0.717, 1.165) is 17.7 Å². The van der Waals surface area contributed by atoms with Gasteiger partial charge < -0.3 is 14.4 Å². The van der Waals surface area contributed by atoms with Gasteiger partial charge in [0.25, 0.3) is 11.5 Å². The highest BCUT2D eigenvalue weighted by Gasteiger charge is 2.38. The Morgan fingerprint density at radius 3 is 2.49 bits per heavy atom. The van der Waals surface area contributed by atoms with Crippen LogP contribution in [0, 0.1) is 0 Å². The molecule has 8 nitrogen and oxygen atoms in total. The molecule has 0 bridgehead atoms. The van der Waals surface area contributed by atoms with Crippen molar-refractivity contribution in [3.8, 4) is 5.75 Å². The SMILES string of the molecule is CCCC1=C(C(=O)OCC)[C@@H](c2cccc(OC)c2)n2c(s/c(=C3\C(=O)N(Cc4ccccc4)c4ccccc43)c2=O)=N1. The van der Waals surface area contributed by atoms with Crippen LogP contribution in [0.5, 0.6) is 5.75 Å². The van der Waals surface area contributed by atoms with Gasteiger partial charge in [-0.3, -0.25) is 14.2 Å². The highest BCUT2D eigenvalue weighted by molar-refractivity contribution is 7.07. The van der Waals surface area contributed by atoms with Gasteiger partial charge in [0.15, 0.2) is 4.80 Å². The number of methoxy groups -OCH3 is 1. The number of para-hydroxylation sites is 1. The molecule has 4 aromatic rings. The summed E-state index contributed by atoms with van der Waals surface area (Å²) in [6.45, 7) is 4.32. The lowest BCUT2D eigenvalue weighted by molar-refractivity contribution is -0.139. The van der Waals surface area contributed by atoms with Crippen LogP contribution in [0.25, 0.3) is 5.57 Å². The summed E-state index contributed by atoms with van der Waals surface area (Å²) >= 11 is 1.18. The number of rotatable bonds is 8. The van der Waals surface area contributed by atoms with Crippen molar-refractivity contribution in [2.45, 2.75) is 39.3 Å². The molecular weight excluding hydrogens is 562 g/mol. The maximum Gasteiger partial charge on any atom is 0.338 e. The number of anilines is 1. The van der Waals surface area contributed by atoms with Gasteiger partial charge in [-0.2, -0.15) is 0 Å². The summed E-state index contributed by atoms with van der Waals surface area (Å²) in [6.07, 6.45) is 1.27. The Hall–Kier alpha value is -4.76. The van der Waals surface area contributed by atoms with Crippen LogP contribution in [-0.4, -0.2) is 30.2 Å². The predicted molar refractivity (Wildman–Crippen MR) is 166 cm³/mol. The maximum absolute atomic E-state index is 14.5. The molecule has 3 aromatic carbocycles. The molecule has 218 valence electrons.